The van der Waals surface area contributed by atoms with Gasteiger partial charge in [-0.3, -0.25) is 4.79 Å². The van der Waals surface area contributed by atoms with E-state index in [1.165, 1.54) is 32.3 Å². The van der Waals surface area contributed by atoms with Crippen LogP contribution in [0.2, 0.25) is 5.02 Å². The summed E-state index contributed by atoms with van der Waals surface area (Å²) in [4.78, 5) is 12.7. The number of carbonyl (C=O) groups is 1. The van der Waals surface area contributed by atoms with Crippen molar-refractivity contribution in [1.29, 1.82) is 0 Å². The van der Waals surface area contributed by atoms with Crippen LogP contribution in [0.5, 0.6) is 17.2 Å². The number of rotatable bonds is 8. The predicted octanol–water partition coefficient (Wildman–Crippen LogP) is 5.03. The Balaban J connectivity index is 1.71. The number of carbonyl (C=O) groups excluding carboxylic acids is 1. The summed E-state index contributed by atoms with van der Waals surface area (Å²) in [6.07, 6.45) is 0. The predicted molar refractivity (Wildman–Crippen MR) is 124 cm³/mol. The molecule has 3 aromatic rings. The first-order valence-corrected chi connectivity index (χ1v) is 11.6. The molecule has 0 radical (unpaired) electrons. The summed E-state index contributed by atoms with van der Waals surface area (Å²) in [7, 11) is -0.859. The van der Waals surface area contributed by atoms with Crippen molar-refractivity contribution in [2.75, 3.05) is 26.0 Å². The number of anilines is 1. The Bertz CT molecular complexity index is 1190. The number of benzene rings is 3. The van der Waals surface area contributed by atoms with Gasteiger partial charge in [0.2, 0.25) is 10.0 Å². The van der Waals surface area contributed by atoms with Gasteiger partial charge in [0.15, 0.2) is 0 Å². The second kappa shape index (κ2) is 10.0. The molecule has 0 aliphatic carbocycles. The van der Waals surface area contributed by atoms with Gasteiger partial charge < -0.3 is 14.8 Å². The highest BCUT2D eigenvalue weighted by molar-refractivity contribution is 7.89. The van der Waals surface area contributed by atoms with E-state index in [0.717, 1.165) is 10.1 Å². The third kappa shape index (κ3) is 5.59. The molecule has 0 bridgehead atoms. The van der Waals surface area contributed by atoms with Crippen LogP contribution in [0.15, 0.2) is 71.6 Å². The van der Waals surface area contributed by atoms with E-state index in [0.29, 0.717) is 23.8 Å². The molecule has 3 aromatic carbocycles. The van der Waals surface area contributed by atoms with Crippen molar-refractivity contribution in [3.63, 3.8) is 0 Å². The molecule has 7 nitrogen and oxygen atoms in total. The monoisotopic (exact) mass is 474 g/mol. The number of halogens is 1. The molecular weight excluding hydrogens is 452 g/mol. The molecule has 0 unspecified atom stereocenters. The number of hydrogen-bond acceptors (Lipinski definition) is 5. The molecule has 168 valence electrons. The zero-order valence-corrected chi connectivity index (χ0v) is 19.4. The van der Waals surface area contributed by atoms with Gasteiger partial charge in [0, 0.05) is 19.8 Å². The summed E-state index contributed by atoms with van der Waals surface area (Å²) < 4.78 is 37.0. The van der Waals surface area contributed by atoms with Crippen LogP contribution in [0.1, 0.15) is 17.3 Å². The van der Waals surface area contributed by atoms with Gasteiger partial charge >= 0.3 is 0 Å². The summed E-state index contributed by atoms with van der Waals surface area (Å²) >= 11 is 6.14. The first kappa shape index (κ1) is 23.6. The third-order valence-electron chi connectivity index (χ3n) is 4.44. The molecule has 1 amide bonds. The molecule has 0 aromatic heterocycles. The molecule has 1 N–H and O–H groups in total. The molecule has 3 rings (SSSR count). The maximum absolute atomic E-state index is 12.7. The van der Waals surface area contributed by atoms with Crippen molar-refractivity contribution < 1.29 is 22.7 Å². The number of nitrogens with zero attached hydrogens (tertiary/aromatic N) is 1. The second-order valence-electron chi connectivity index (χ2n) is 6.91. The molecule has 9 heteroatoms. The molecule has 0 heterocycles. The van der Waals surface area contributed by atoms with Crippen LogP contribution in [0.4, 0.5) is 5.69 Å². The fraction of sp³-hybridized carbons (Fsp3) is 0.174. The van der Waals surface area contributed by atoms with Crippen LogP contribution < -0.4 is 14.8 Å². The Labute approximate surface area is 192 Å². The molecule has 0 fully saturated rings. The molecule has 0 aliphatic heterocycles. The fourth-order valence-corrected chi connectivity index (χ4v) is 3.89. The van der Waals surface area contributed by atoms with Crippen LogP contribution >= 0.6 is 11.6 Å². The number of amides is 1. The van der Waals surface area contributed by atoms with E-state index in [2.05, 4.69) is 5.32 Å². The topological polar surface area (TPSA) is 84.9 Å². The minimum atomic E-state index is -3.69. The average molecular weight is 475 g/mol. The maximum atomic E-state index is 12.7. The highest BCUT2D eigenvalue weighted by Gasteiger charge is 2.21. The SMILES string of the molecule is CCOc1ccc(Oc2ccc(NC(=O)c3cc(S(=O)(=O)N(C)C)ccc3Cl)cc2)cc1. The van der Waals surface area contributed by atoms with Crippen LogP contribution in [0.25, 0.3) is 0 Å². The number of nitrogens with one attached hydrogen (secondary N) is 1. The van der Waals surface area contributed by atoms with Crippen molar-refractivity contribution in [2.45, 2.75) is 11.8 Å². The smallest absolute Gasteiger partial charge is 0.257 e. The van der Waals surface area contributed by atoms with Crippen LogP contribution in [0.3, 0.4) is 0 Å². The largest absolute Gasteiger partial charge is 0.494 e. The molecule has 0 saturated carbocycles. The first-order chi connectivity index (χ1) is 15.2. The van der Waals surface area contributed by atoms with E-state index in [9.17, 15) is 13.2 Å². The standard InChI is InChI=1S/C23H23ClN2O5S/c1-4-30-17-9-11-19(12-10-17)31-18-7-5-16(6-8-18)25-23(27)21-15-20(13-14-22(21)24)32(28,29)26(2)3/h5-15H,4H2,1-3H3,(H,25,27). The Morgan fingerprint density at radius 1 is 0.938 bits per heavy atom. The molecule has 32 heavy (non-hydrogen) atoms. The average Bonchev–Trinajstić information content (AvgIpc) is 2.76. The Morgan fingerprint density at radius 2 is 1.50 bits per heavy atom. The number of hydrogen-bond donors (Lipinski definition) is 1. The van der Waals surface area contributed by atoms with Gasteiger partial charge in [-0.1, -0.05) is 11.6 Å². The van der Waals surface area contributed by atoms with Crippen LogP contribution in [-0.2, 0) is 10.0 Å². The van der Waals surface area contributed by atoms with Gasteiger partial charge in [-0.05, 0) is 73.7 Å². The summed E-state index contributed by atoms with van der Waals surface area (Å²) in [5, 5.41) is 2.86. The number of ether oxygens (including phenoxy) is 2. The van der Waals surface area contributed by atoms with Gasteiger partial charge in [-0.2, -0.15) is 0 Å². The van der Waals surface area contributed by atoms with E-state index in [1.54, 1.807) is 36.4 Å². The lowest BCUT2D eigenvalue weighted by molar-refractivity contribution is 0.102. The molecule has 0 spiro atoms. The molecule has 0 aliphatic rings. The molecular formula is C23H23ClN2O5S. The van der Waals surface area contributed by atoms with Crippen molar-refractivity contribution in [2.24, 2.45) is 0 Å². The van der Waals surface area contributed by atoms with Gasteiger partial charge in [0.25, 0.3) is 5.91 Å². The van der Waals surface area contributed by atoms with E-state index in [1.807, 2.05) is 19.1 Å². The van der Waals surface area contributed by atoms with Gasteiger partial charge in [-0.25, -0.2) is 12.7 Å². The highest BCUT2D eigenvalue weighted by Crippen LogP contribution is 2.26. The second-order valence-corrected chi connectivity index (χ2v) is 9.47. The van der Waals surface area contributed by atoms with Crippen molar-refractivity contribution in [3.8, 4) is 17.2 Å². The van der Waals surface area contributed by atoms with Crippen molar-refractivity contribution in [1.82, 2.24) is 4.31 Å². The van der Waals surface area contributed by atoms with Gasteiger partial charge in [-0.15, -0.1) is 0 Å². The zero-order valence-electron chi connectivity index (χ0n) is 17.8. The van der Waals surface area contributed by atoms with Crippen LogP contribution in [0, 0.1) is 0 Å². The van der Waals surface area contributed by atoms with E-state index in [4.69, 9.17) is 21.1 Å². The summed E-state index contributed by atoms with van der Waals surface area (Å²) in [6, 6.07) is 18.0. The molecule has 0 saturated heterocycles. The first-order valence-electron chi connectivity index (χ1n) is 9.75. The van der Waals surface area contributed by atoms with Crippen molar-refractivity contribution >= 4 is 33.2 Å². The fourth-order valence-electron chi connectivity index (χ4n) is 2.76. The minimum Gasteiger partial charge on any atom is -0.494 e. The quantitative estimate of drug-likeness (QED) is 0.494. The van der Waals surface area contributed by atoms with E-state index in [-0.39, 0.29) is 15.5 Å². The summed E-state index contributed by atoms with van der Waals surface area (Å²) in [5.74, 6) is 1.48. The third-order valence-corrected chi connectivity index (χ3v) is 6.58. The van der Waals surface area contributed by atoms with E-state index >= 15 is 0 Å². The normalized spacial score (nSPS) is 11.3. The van der Waals surface area contributed by atoms with E-state index < -0.39 is 15.9 Å². The highest BCUT2D eigenvalue weighted by atomic mass is 35.5. The molecule has 0 atom stereocenters. The lowest BCUT2D eigenvalue weighted by atomic mass is 10.2. The Kier molecular flexibility index (Phi) is 7.40. The van der Waals surface area contributed by atoms with Gasteiger partial charge in [0.1, 0.15) is 17.2 Å². The lowest BCUT2D eigenvalue weighted by Gasteiger charge is -2.13. The van der Waals surface area contributed by atoms with Crippen molar-refractivity contribution in [3.05, 3.63) is 77.3 Å². The zero-order chi connectivity index (χ0) is 23.3. The maximum Gasteiger partial charge on any atom is 0.257 e. The minimum absolute atomic E-state index is 0.0175. The lowest BCUT2D eigenvalue weighted by Crippen LogP contribution is -2.23. The summed E-state index contributed by atoms with van der Waals surface area (Å²) in [5.41, 5.74) is 0.565. The Morgan fingerprint density at radius 3 is 2.06 bits per heavy atom. The number of sulfonamides is 1. The summed E-state index contributed by atoms with van der Waals surface area (Å²) in [6.45, 7) is 2.51. The Hall–Kier alpha value is -3.07. The van der Waals surface area contributed by atoms with Crippen LogP contribution in [-0.4, -0.2) is 39.3 Å². The van der Waals surface area contributed by atoms with Gasteiger partial charge in [0.05, 0.1) is 22.1 Å².